The number of aromatic amines is 1. The quantitative estimate of drug-likeness (QED) is 0.787. The maximum absolute atomic E-state index is 11.7. The molecular weight excluding hydrogens is 276 g/mol. The van der Waals surface area contributed by atoms with Crippen LogP contribution in [0.25, 0.3) is 0 Å². The Labute approximate surface area is 101 Å². The van der Waals surface area contributed by atoms with Gasteiger partial charge in [0.1, 0.15) is 11.7 Å². The first-order valence-electron chi connectivity index (χ1n) is 4.79. The first-order valence-corrected chi connectivity index (χ1v) is 5.58. The van der Waals surface area contributed by atoms with Crippen LogP contribution in [0.1, 0.15) is 24.3 Å². The van der Waals surface area contributed by atoms with E-state index in [0.717, 1.165) is 4.47 Å². The third-order valence-corrected chi connectivity index (χ3v) is 2.57. The molecule has 0 aromatic carbocycles. The summed E-state index contributed by atoms with van der Waals surface area (Å²) in [5.41, 5.74) is 0.332. The Morgan fingerprint density at radius 3 is 2.50 bits per heavy atom. The SMILES string of the molecule is CC(C)C(NC(=O)c1cc(Br)c[nH]1)C(=O)O. The summed E-state index contributed by atoms with van der Waals surface area (Å²) in [6.07, 6.45) is 1.61. The van der Waals surface area contributed by atoms with Crippen molar-refractivity contribution < 1.29 is 14.7 Å². The topological polar surface area (TPSA) is 82.2 Å². The lowest BCUT2D eigenvalue weighted by molar-refractivity contribution is -0.140. The van der Waals surface area contributed by atoms with Crippen molar-refractivity contribution in [2.24, 2.45) is 5.92 Å². The molecule has 5 nitrogen and oxygen atoms in total. The summed E-state index contributed by atoms with van der Waals surface area (Å²) in [5, 5.41) is 11.4. The third-order valence-electron chi connectivity index (χ3n) is 2.11. The van der Waals surface area contributed by atoms with Gasteiger partial charge in [-0.25, -0.2) is 4.79 Å². The number of rotatable bonds is 4. The van der Waals surface area contributed by atoms with Gasteiger partial charge in [0, 0.05) is 10.7 Å². The fourth-order valence-corrected chi connectivity index (χ4v) is 1.57. The van der Waals surface area contributed by atoms with Crippen LogP contribution in [-0.4, -0.2) is 28.0 Å². The molecule has 0 bridgehead atoms. The van der Waals surface area contributed by atoms with E-state index in [1.807, 2.05) is 0 Å². The monoisotopic (exact) mass is 288 g/mol. The van der Waals surface area contributed by atoms with Crippen LogP contribution in [0.4, 0.5) is 0 Å². The average Bonchev–Trinajstić information content (AvgIpc) is 2.59. The summed E-state index contributed by atoms with van der Waals surface area (Å²) in [6, 6.07) is 0.712. The summed E-state index contributed by atoms with van der Waals surface area (Å²) < 4.78 is 0.745. The number of hydrogen-bond acceptors (Lipinski definition) is 2. The fourth-order valence-electron chi connectivity index (χ4n) is 1.23. The zero-order chi connectivity index (χ0) is 12.3. The van der Waals surface area contributed by atoms with Gasteiger partial charge in [0.2, 0.25) is 0 Å². The van der Waals surface area contributed by atoms with Crippen LogP contribution >= 0.6 is 15.9 Å². The number of halogens is 1. The van der Waals surface area contributed by atoms with Crippen molar-refractivity contribution in [3.05, 3.63) is 22.4 Å². The summed E-state index contributed by atoms with van der Waals surface area (Å²) in [7, 11) is 0. The Bertz CT molecular complexity index is 401. The van der Waals surface area contributed by atoms with Gasteiger partial charge in [-0.2, -0.15) is 0 Å². The molecule has 3 N–H and O–H groups in total. The Morgan fingerprint density at radius 2 is 2.12 bits per heavy atom. The molecule has 16 heavy (non-hydrogen) atoms. The van der Waals surface area contributed by atoms with Crippen molar-refractivity contribution in [1.29, 1.82) is 0 Å². The molecule has 1 heterocycles. The van der Waals surface area contributed by atoms with E-state index in [2.05, 4.69) is 26.2 Å². The van der Waals surface area contributed by atoms with Crippen LogP contribution in [0.2, 0.25) is 0 Å². The fraction of sp³-hybridized carbons (Fsp3) is 0.400. The van der Waals surface area contributed by atoms with E-state index in [0.29, 0.717) is 5.69 Å². The van der Waals surface area contributed by atoms with Gasteiger partial charge in [0.25, 0.3) is 5.91 Å². The average molecular weight is 289 g/mol. The van der Waals surface area contributed by atoms with Crippen molar-refractivity contribution >= 4 is 27.8 Å². The van der Waals surface area contributed by atoms with Crippen LogP contribution < -0.4 is 5.32 Å². The molecule has 0 aliphatic rings. The van der Waals surface area contributed by atoms with Gasteiger partial charge >= 0.3 is 5.97 Å². The van der Waals surface area contributed by atoms with E-state index in [-0.39, 0.29) is 5.92 Å². The largest absolute Gasteiger partial charge is 0.480 e. The maximum Gasteiger partial charge on any atom is 0.326 e. The van der Waals surface area contributed by atoms with Gasteiger partial charge in [0.15, 0.2) is 0 Å². The molecule has 0 aliphatic carbocycles. The van der Waals surface area contributed by atoms with Crippen molar-refractivity contribution in [3.8, 4) is 0 Å². The van der Waals surface area contributed by atoms with E-state index in [1.165, 1.54) is 0 Å². The number of nitrogens with one attached hydrogen (secondary N) is 2. The second-order valence-electron chi connectivity index (χ2n) is 3.76. The van der Waals surface area contributed by atoms with Crippen molar-refractivity contribution in [1.82, 2.24) is 10.3 Å². The lowest BCUT2D eigenvalue weighted by atomic mass is 10.0. The van der Waals surface area contributed by atoms with Gasteiger partial charge in [-0.15, -0.1) is 0 Å². The van der Waals surface area contributed by atoms with Gasteiger partial charge in [0.05, 0.1) is 0 Å². The number of amides is 1. The normalized spacial score (nSPS) is 12.5. The first kappa shape index (κ1) is 12.8. The lowest BCUT2D eigenvalue weighted by Gasteiger charge is -2.17. The molecule has 0 aliphatic heterocycles. The molecule has 1 amide bonds. The molecule has 88 valence electrons. The highest BCUT2D eigenvalue weighted by molar-refractivity contribution is 9.10. The molecule has 0 radical (unpaired) electrons. The van der Waals surface area contributed by atoms with E-state index in [1.54, 1.807) is 26.1 Å². The highest BCUT2D eigenvalue weighted by atomic mass is 79.9. The number of carbonyl (C=O) groups is 2. The zero-order valence-corrected chi connectivity index (χ0v) is 10.5. The third kappa shape index (κ3) is 3.10. The summed E-state index contributed by atoms with van der Waals surface area (Å²) in [5.74, 6) is -1.62. The van der Waals surface area contributed by atoms with Gasteiger partial charge in [-0.1, -0.05) is 13.8 Å². The van der Waals surface area contributed by atoms with E-state index < -0.39 is 17.9 Å². The highest BCUT2D eigenvalue weighted by Gasteiger charge is 2.24. The second-order valence-corrected chi connectivity index (χ2v) is 4.68. The number of carbonyl (C=O) groups excluding carboxylic acids is 1. The van der Waals surface area contributed by atoms with Crippen LogP contribution in [0, 0.1) is 5.92 Å². The van der Waals surface area contributed by atoms with Crippen molar-refractivity contribution in [2.45, 2.75) is 19.9 Å². The van der Waals surface area contributed by atoms with Gasteiger partial charge in [-0.05, 0) is 27.9 Å². The minimum Gasteiger partial charge on any atom is -0.480 e. The number of carboxylic acid groups (broad SMARTS) is 1. The molecule has 0 spiro atoms. The molecule has 1 aromatic rings. The minimum atomic E-state index is -1.03. The second kappa shape index (κ2) is 5.16. The molecule has 1 unspecified atom stereocenters. The number of aromatic nitrogens is 1. The molecule has 0 saturated carbocycles. The molecule has 1 rings (SSSR count). The van der Waals surface area contributed by atoms with Gasteiger partial charge < -0.3 is 15.4 Å². The number of hydrogen-bond donors (Lipinski definition) is 3. The summed E-state index contributed by atoms with van der Waals surface area (Å²) in [6.45, 7) is 3.48. The zero-order valence-electron chi connectivity index (χ0n) is 8.95. The summed E-state index contributed by atoms with van der Waals surface area (Å²) >= 11 is 3.20. The minimum absolute atomic E-state index is 0.167. The molecule has 0 saturated heterocycles. The van der Waals surface area contributed by atoms with Crippen molar-refractivity contribution in [2.75, 3.05) is 0 Å². The smallest absolute Gasteiger partial charge is 0.326 e. The number of carboxylic acids is 1. The van der Waals surface area contributed by atoms with Crippen LogP contribution in [0.5, 0.6) is 0 Å². The van der Waals surface area contributed by atoms with E-state index in [9.17, 15) is 9.59 Å². The Kier molecular flexibility index (Phi) is 4.12. The highest BCUT2D eigenvalue weighted by Crippen LogP contribution is 2.11. The molecular formula is C10H13BrN2O3. The first-order chi connectivity index (χ1) is 7.41. The van der Waals surface area contributed by atoms with E-state index in [4.69, 9.17) is 5.11 Å². The lowest BCUT2D eigenvalue weighted by Crippen LogP contribution is -2.44. The Morgan fingerprint density at radius 1 is 1.50 bits per heavy atom. The van der Waals surface area contributed by atoms with E-state index >= 15 is 0 Å². The molecule has 1 atom stereocenters. The predicted octanol–water partition coefficient (Wildman–Crippen LogP) is 1.62. The summed E-state index contributed by atoms with van der Waals surface area (Å²) in [4.78, 5) is 25.3. The standard InChI is InChI=1S/C10H13BrN2O3/c1-5(2)8(10(15)16)13-9(14)7-3-6(11)4-12-7/h3-5,8,12H,1-2H3,(H,13,14)(H,15,16). The number of aliphatic carboxylic acids is 1. The van der Waals surface area contributed by atoms with Crippen molar-refractivity contribution in [3.63, 3.8) is 0 Å². The van der Waals surface area contributed by atoms with Crippen LogP contribution in [0.3, 0.4) is 0 Å². The van der Waals surface area contributed by atoms with Gasteiger partial charge in [-0.3, -0.25) is 4.79 Å². The van der Waals surface area contributed by atoms with Crippen LogP contribution in [0.15, 0.2) is 16.7 Å². The van der Waals surface area contributed by atoms with Crippen LogP contribution in [-0.2, 0) is 4.79 Å². The Hall–Kier alpha value is -1.30. The molecule has 6 heteroatoms. The predicted molar refractivity (Wildman–Crippen MR) is 62.2 cm³/mol. The Balaban J connectivity index is 2.73. The number of H-pyrrole nitrogens is 1. The maximum atomic E-state index is 11.7. The molecule has 1 aromatic heterocycles. The molecule has 0 fully saturated rings.